The van der Waals surface area contributed by atoms with Crippen molar-refractivity contribution < 1.29 is 4.74 Å². The van der Waals surface area contributed by atoms with E-state index in [1.807, 2.05) is 0 Å². The lowest BCUT2D eigenvalue weighted by atomic mass is 10.3. The van der Waals surface area contributed by atoms with Gasteiger partial charge in [0.25, 0.3) is 0 Å². The molecule has 2 aromatic rings. The van der Waals surface area contributed by atoms with Gasteiger partial charge in [-0.15, -0.1) is 0 Å². The van der Waals surface area contributed by atoms with Crippen molar-refractivity contribution in [2.75, 3.05) is 37.1 Å². The fraction of sp³-hybridized carbons (Fsp3) is 0.471. The maximum atomic E-state index is 6.09. The van der Waals surface area contributed by atoms with Gasteiger partial charge in [-0.2, -0.15) is 15.1 Å². The first kappa shape index (κ1) is 20.0. The summed E-state index contributed by atoms with van der Waals surface area (Å²) in [5, 5.41) is 10.4. The highest BCUT2D eigenvalue weighted by atomic mass is 35.5. The first-order valence-corrected chi connectivity index (χ1v) is 8.82. The zero-order valence-electron chi connectivity index (χ0n) is 15.4. The van der Waals surface area contributed by atoms with Crippen molar-refractivity contribution >= 4 is 40.9 Å². The van der Waals surface area contributed by atoms with Gasteiger partial charge in [0.1, 0.15) is 11.6 Å². The number of methoxy groups -OCH3 is 1. The van der Waals surface area contributed by atoms with Gasteiger partial charge in [0.15, 0.2) is 5.15 Å². The summed E-state index contributed by atoms with van der Waals surface area (Å²) >= 11 is 6.09. The molecule has 0 saturated heterocycles. The van der Waals surface area contributed by atoms with Crippen LogP contribution in [0.1, 0.15) is 25.3 Å². The van der Waals surface area contributed by atoms with Crippen LogP contribution in [0.3, 0.4) is 0 Å². The molecule has 1 aliphatic rings. The third-order valence-corrected chi connectivity index (χ3v) is 4.05. The van der Waals surface area contributed by atoms with Gasteiger partial charge in [0.05, 0.1) is 30.6 Å². The maximum absolute atomic E-state index is 6.09. The van der Waals surface area contributed by atoms with Crippen molar-refractivity contribution in [1.82, 2.24) is 19.7 Å². The van der Waals surface area contributed by atoms with Gasteiger partial charge in [-0.05, 0) is 5.92 Å². The van der Waals surface area contributed by atoms with E-state index in [0.29, 0.717) is 47.1 Å². The number of rotatable bonds is 7. The monoisotopic (exact) mass is 379 g/mol. The summed E-state index contributed by atoms with van der Waals surface area (Å²) in [6.45, 7) is 7.11. The summed E-state index contributed by atoms with van der Waals surface area (Å²) in [5.41, 5.74) is 7.13. The number of hydrogen-bond acceptors (Lipinski definition) is 7. The van der Waals surface area contributed by atoms with Crippen LogP contribution in [0.25, 0.3) is 6.08 Å². The van der Waals surface area contributed by atoms with Crippen molar-refractivity contribution in [1.29, 1.82) is 0 Å². The molecule has 0 radical (unpaired) electrons. The molecule has 1 aliphatic carbocycles. The largest absolute Gasteiger partial charge is 0.383 e. The topological polar surface area (TPSA) is 103 Å². The Bertz CT molecular complexity index is 743. The lowest BCUT2D eigenvalue weighted by Gasteiger charge is -2.10. The van der Waals surface area contributed by atoms with Crippen molar-refractivity contribution in [2.24, 2.45) is 5.92 Å². The van der Waals surface area contributed by atoms with E-state index < -0.39 is 0 Å². The normalized spacial score (nSPS) is 12.9. The Balaban J connectivity index is 0.000000534. The minimum atomic E-state index is 0.317. The van der Waals surface area contributed by atoms with Gasteiger partial charge >= 0.3 is 0 Å². The number of hydrogen-bond donors (Lipinski definition) is 3. The van der Waals surface area contributed by atoms with Crippen molar-refractivity contribution in [3.05, 3.63) is 23.5 Å². The molecular weight excluding hydrogens is 354 g/mol. The third kappa shape index (κ3) is 5.60. The first-order valence-electron chi connectivity index (χ1n) is 8.45. The average molecular weight is 380 g/mol. The van der Waals surface area contributed by atoms with Crippen LogP contribution in [-0.4, -0.2) is 40.5 Å². The molecule has 0 atom stereocenters. The predicted molar refractivity (Wildman–Crippen MR) is 107 cm³/mol. The second-order valence-corrected chi connectivity index (χ2v) is 6.40. The molecule has 0 bridgehead atoms. The number of ether oxygens (including phenoxy) is 1. The molecule has 1 saturated carbocycles. The molecule has 142 valence electrons. The highest BCUT2D eigenvalue weighted by Gasteiger charge is 2.13. The van der Waals surface area contributed by atoms with E-state index in [1.165, 1.54) is 12.8 Å². The van der Waals surface area contributed by atoms with Gasteiger partial charge in [-0.3, -0.25) is 4.68 Å². The predicted octanol–water partition coefficient (Wildman–Crippen LogP) is 3.40. The number of nitrogens with two attached hydrogens (primary N) is 1. The van der Waals surface area contributed by atoms with Crippen LogP contribution in [0, 0.1) is 5.92 Å². The minimum Gasteiger partial charge on any atom is -0.383 e. The molecular formula is C17H26ClN7O. The standard InChI is InChI=1S/C13H18ClN7O.C4H8/c1-4-8-11(15)18-13(19-12(8)16-2)17-9-7-21(5-6-22-3)20-10(9)14;1-4-2-3-4/h4,7H,1,5-6H2,2-3H3,(H4,15,16,17,18,19);4H,2-3H2,1H3. The molecule has 2 aromatic heterocycles. The summed E-state index contributed by atoms with van der Waals surface area (Å²) in [7, 11) is 3.37. The lowest BCUT2D eigenvalue weighted by molar-refractivity contribution is 0.183. The molecule has 8 nitrogen and oxygen atoms in total. The maximum Gasteiger partial charge on any atom is 0.231 e. The zero-order valence-corrected chi connectivity index (χ0v) is 16.2. The number of halogens is 1. The summed E-state index contributed by atoms with van der Waals surface area (Å²) in [6, 6.07) is 0. The van der Waals surface area contributed by atoms with Crippen LogP contribution in [0.5, 0.6) is 0 Å². The van der Waals surface area contributed by atoms with E-state index in [0.717, 1.165) is 5.92 Å². The van der Waals surface area contributed by atoms with Crippen molar-refractivity contribution in [3.8, 4) is 0 Å². The third-order valence-electron chi connectivity index (χ3n) is 3.77. The van der Waals surface area contributed by atoms with E-state index in [9.17, 15) is 0 Å². The fourth-order valence-electron chi connectivity index (χ4n) is 2.00. The molecule has 0 aromatic carbocycles. The second kappa shape index (κ2) is 9.40. The molecule has 2 heterocycles. The molecule has 0 amide bonds. The number of nitrogens with one attached hydrogen (secondary N) is 2. The fourth-order valence-corrected chi connectivity index (χ4v) is 2.20. The Morgan fingerprint density at radius 3 is 2.69 bits per heavy atom. The number of nitrogens with zero attached hydrogens (tertiary/aromatic N) is 4. The van der Waals surface area contributed by atoms with E-state index in [2.05, 4.69) is 39.2 Å². The molecule has 9 heteroatoms. The molecule has 26 heavy (non-hydrogen) atoms. The van der Waals surface area contributed by atoms with E-state index in [4.69, 9.17) is 22.1 Å². The van der Waals surface area contributed by atoms with Gasteiger partial charge in [0.2, 0.25) is 5.95 Å². The molecule has 4 N–H and O–H groups in total. The smallest absolute Gasteiger partial charge is 0.231 e. The van der Waals surface area contributed by atoms with Crippen LogP contribution < -0.4 is 16.4 Å². The quantitative estimate of drug-likeness (QED) is 0.677. The number of anilines is 4. The molecule has 3 rings (SSSR count). The Morgan fingerprint density at radius 1 is 1.46 bits per heavy atom. The van der Waals surface area contributed by atoms with Crippen LogP contribution >= 0.6 is 11.6 Å². The highest BCUT2D eigenvalue weighted by Crippen LogP contribution is 2.27. The summed E-state index contributed by atoms with van der Waals surface area (Å²) < 4.78 is 6.68. The molecule has 0 spiro atoms. The minimum absolute atomic E-state index is 0.317. The number of nitrogen functional groups attached to an aromatic ring is 1. The lowest BCUT2D eigenvalue weighted by Crippen LogP contribution is -2.07. The van der Waals surface area contributed by atoms with E-state index >= 15 is 0 Å². The first-order chi connectivity index (χ1) is 12.5. The molecule has 0 aliphatic heterocycles. The zero-order chi connectivity index (χ0) is 19.1. The van der Waals surface area contributed by atoms with Crippen LogP contribution in [-0.2, 0) is 11.3 Å². The van der Waals surface area contributed by atoms with E-state index in [1.54, 1.807) is 31.1 Å². The second-order valence-electron chi connectivity index (χ2n) is 6.05. The van der Waals surface area contributed by atoms with Crippen LogP contribution in [0.2, 0.25) is 5.15 Å². The summed E-state index contributed by atoms with van der Waals surface area (Å²) in [4.78, 5) is 8.51. The number of aromatic nitrogens is 4. The van der Waals surface area contributed by atoms with Gasteiger partial charge in [-0.25, -0.2) is 0 Å². The van der Waals surface area contributed by atoms with Gasteiger partial charge in [0, 0.05) is 14.2 Å². The Kier molecular flexibility index (Phi) is 7.23. The molecule has 0 unspecified atom stereocenters. The average Bonchev–Trinajstić information content (AvgIpc) is 3.32. The van der Waals surface area contributed by atoms with Crippen LogP contribution in [0.15, 0.2) is 12.8 Å². The van der Waals surface area contributed by atoms with Gasteiger partial charge in [-0.1, -0.05) is 44.0 Å². The van der Waals surface area contributed by atoms with Crippen molar-refractivity contribution in [3.63, 3.8) is 0 Å². The summed E-state index contributed by atoms with van der Waals surface area (Å²) in [5.74, 6) is 2.30. The molecule has 1 fully saturated rings. The Labute approximate surface area is 158 Å². The summed E-state index contributed by atoms with van der Waals surface area (Å²) in [6.07, 6.45) is 6.32. The van der Waals surface area contributed by atoms with Crippen molar-refractivity contribution in [2.45, 2.75) is 26.3 Å². The van der Waals surface area contributed by atoms with E-state index in [-0.39, 0.29) is 0 Å². The highest BCUT2D eigenvalue weighted by molar-refractivity contribution is 6.32. The Morgan fingerprint density at radius 2 is 2.15 bits per heavy atom. The van der Waals surface area contributed by atoms with Gasteiger partial charge < -0.3 is 21.1 Å². The Hall–Kier alpha value is -2.32. The van der Waals surface area contributed by atoms with Crippen LogP contribution in [0.4, 0.5) is 23.3 Å². The SMILES string of the molecule is C=Cc1c(N)nc(Nc2cn(CCOC)nc2Cl)nc1NC.CC1CC1.